The Labute approximate surface area is 148 Å². The highest BCUT2D eigenvalue weighted by Crippen LogP contribution is 2.15. The zero-order chi connectivity index (χ0) is 17.8. The lowest BCUT2D eigenvalue weighted by atomic mass is 10.0. The van der Waals surface area contributed by atoms with E-state index in [1.807, 2.05) is 44.3 Å². The van der Waals surface area contributed by atoms with Crippen LogP contribution in [0.25, 0.3) is 0 Å². The van der Waals surface area contributed by atoms with Crippen LogP contribution in [0.5, 0.6) is 0 Å². The third-order valence-corrected chi connectivity index (χ3v) is 4.68. The molecule has 0 bridgehead atoms. The van der Waals surface area contributed by atoms with Gasteiger partial charge < -0.3 is 5.32 Å². The minimum atomic E-state index is -0.103. The number of amides is 1. The number of hydrogen-bond acceptors (Lipinski definition) is 4. The summed E-state index contributed by atoms with van der Waals surface area (Å²) in [4.78, 5) is 14.7. The molecule has 0 aliphatic carbocycles. The number of likely N-dealkylation sites (tertiary alicyclic amines) is 1. The second-order valence-electron chi connectivity index (χ2n) is 6.65. The van der Waals surface area contributed by atoms with Crippen molar-refractivity contribution in [2.24, 2.45) is 7.05 Å². The maximum Gasteiger partial charge on any atom is 0.272 e. The van der Waals surface area contributed by atoms with Crippen LogP contribution >= 0.6 is 0 Å². The van der Waals surface area contributed by atoms with Crippen LogP contribution in [-0.4, -0.2) is 39.7 Å². The van der Waals surface area contributed by atoms with Crippen molar-refractivity contribution in [1.29, 1.82) is 5.26 Å². The average Bonchev–Trinajstić information content (AvgIpc) is 2.95. The van der Waals surface area contributed by atoms with Crippen LogP contribution in [0.15, 0.2) is 30.3 Å². The Morgan fingerprint density at radius 3 is 2.80 bits per heavy atom. The first-order valence-electron chi connectivity index (χ1n) is 8.58. The van der Waals surface area contributed by atoms with Crippen LogP contribution in [0.4, 0.5) is 0 Å². The summed E-state index contributed by atoms with van der Waals surface area (Å²) in [5.74, 6) is -0.103. The molecular weight excluding hydrogens is 314 g/mol. The van der Waals surface area contributed by atoms with Gasteiger partial charge in [-0.1, -0.05) is 12.1 Å². The minimum absolute atomic E-state index is 0.103. The topological polar surface area (TPSA) is 74.0 Å². The highest BCUT2D eigenvalue weighted by molar-refractivity contribution is 5.92. The molecule has 1 aromatic carbocycles. The quantitative estimate of drug-likeness (QED) is 0.926. The molecule has 0 radical (unpaired) electrons. The smallest absolute Gasteiger partial charge is 0.272 e. The monoisotopic (exact) mass is 337 g/mol. The van der Waals surface area contributed by atoms with Crippen LogP contribution in [-0.2, 0) is 13.6 Å². The van der Waals surface area contributed by atoms with Gasteiger partial charge in [-0.2, -0.15) is 10.4 Å². The molecule has 1 aliphatic rings. The lowest BCUT2D eigenvalue weighted by Gasteiger charge is -2.33. The van der Waals surface area contributed by atoms with E-state index in [9.17, 15) is 4.79 Å². The number of nitriles is 1. The van der Waals surface area contributed by atoms with Crippen molar-refractivity contribution in [3.63, 3.8) is 0 Å². The Hall–Kier alpha value is -2.65. The fourth-order valence-electron chi connectivity index (χ4n) is 3.19. The molecule has 1 unspecified atom stereocenters. The van der Waals surface area contributed by atoms with E-state index in [0.717, 1.165) is 38.2 Å². The Morgan fingerprint density at radius 2 is 2.16 bits per heavy atom. The molecule has 1 amide bonds. The van der Waals surface area contributed by atoms with Crippen LogP contribution in [0.1, 0.15) is 40.2 Å². The summed E-state index contributed by atoms with van der Waals surface area (Å²) in [6.45, 7) is 4.62. The Balaban J connectivity index is 1.57. The van der Waals surface area contributed by atoms with Gasteiger partial charge in [-0.25, -0.2) is 0 Å². The molecule has 1 saturated heterocycles. The standard InChI is InChI=1S/C19H23N5O/c1-14-10-18(22-23(14)2)19(25)21-17-4-3-9-24(13-17)12-16-7-5-15(11-20)6-8-16/h5-8,10,17H,3-4,9,12-13H2,1-2H3,(H,21,25). The number of aromatic nitrogens is 2. The summed E-state index contributed by atoms with van der Waals surface area (Å²) in [5, 5.41) is 16.2. The number of nitrogens with zero attached hydrogens (tertiary/aromatic N) is 4. The summed E-state index contributed by atoms with van der Waals surface area (Å²) >= 11 is 0. The highest BCUT2D eigenvalue weighted by Gasteiger charge is 2.23. The van der Waals surface area contributed by atoms with Gasteiger partial charge in [0.2, 0.25) is 0 Å². The highest BCUT2D eigenvalue weighted by atomic mass is 16.2. The van der Waals surface area contributed by atoms with Crippen molar-refractivity contribution in [2.45, 2.75) is 32.4 Å². The van der Waals surface area contributed by atoms with E-state index >= 15 is 0 Å². The molecule has 0 spiro atoms. The Bertz CT molecular complexity index is 768. The molecule has 1 N–H and O–H groups in total. The molecule has 6 nitrogen and oxygen atoms in total. The van der Waals surface area contributed by atoms with E-state index < -0.39 is 0 Å². The molecule has 0 saturated carbocycles. The molecule has 1 fully saturated rings. The van der Waals surface area contributed by atoms with E-state index in [0.29, 0.717) is 11.3 Å². The zero-order valence-corrected chi connectivity index (χ0v) is 14.7. The van der Waals surface area contributed by atoms with Crippen LogP contribution < -0.4 is 5.32 Å². The lowest BCUT2D eigenvalue weighted by Crippen LogP contribution is -2.47. The van der Waals surface area contributed by atoms with Crippen molar-refractivity contribution in [3.8, 4) is 6.07 Å². The number of aryl methyl sites for hydroxylation is 2. The summed E-state index contributed by atoms with van der Waals surface area (Å²) in [7, 11) is 1.84. The number of rotatable bonds is 4. The molecule has 6 heteroatoms. The third-order valence-electron chi connectivity index (χ3n) is 4.68. The predicted octanol–water partition coefficient (Wildman–Crippen LogP) is 1.99. The molecule has 1 atom stereocenters. The summed E-state index contributed by atoms with van der Waals surface area (Å²) in [6.07, 6.45) is 2.05. The SMILES string of the molecule is Cc1cc(C(=O)NC2CCCN(Cc3ccc(C#N)cc3)C2)nn1C. The van der Waals surface area contributed by atoms with E-state index in [-0.39, 0.29) is 11.9 Å². The number of piperidine rings is 1. The van der Waals surface area contributed by atoms with Crippen LogP contribution in [0.3, 0.4) is 0 Å². The van der Waals surface area contributed by atoms with Crippen LogP contribution in [0.2, 0.25) is 0 Å². The van der Waals surface area contributed by atoms with Gasteiger partial charge >= 0.3 is 0 Å². The number of nitrogens with one attached hydrogen (secondary N) is 1. The number of benzene rings is 1. The molecule has 25 heavy (non-hydrogen) atoms. The first kappa shape index (κ1) is 17.2. The first-order valence-corrected chi connectivity index (χ1v) is 8.58. The van der Waals surface area contributed by atoms with Gasteiger partial charge in [0.05, 0.1) is 11.6 Å². The van der Waals surface area contributed by atoms with Gasteiger partial charge in [-0.15, -0.1) is 0 Å². The Kier molecular flexibility index (Phi) is 5.15. The molecular formula is C19H23N5O. The van der Waals surface area contributed by atoms with Gasteiger partial charge in [0.25, 0.3) is 5.91 Å². The summed E-state index contributed by atoms with van der Waals surface area (Å²) in [6, 6.07) is 11.8. The number of hydrogen-bond donors (Lipinski definition) is 1. The van der Waals surface area contributed by atoms with Gasteiger partial charge in [-0.3, -0.25) is 14.4 Å². The molecule has 130 valence electrons. The van der Waals surface area contributed by atoms with E-state index in [1.54, 1.807) is 4.68 Å². The third kappa shape index (κ3) is 4.25. The molecule has 2 aromatic rings. The Morgan fingerprint density at radius 1 is 1.40 bits per heavy atom. The molecule has 1 aromatic heterocycles. The molecule has 2 heterocycles. The fourth-order valence-corrected chi connectivity index (χ4v) is 3.19. The van der Waals surface area contributed by atoms with Crippen molar-refractivity contribution >= 4 is 5.91 Å². The second-order valence-corrected chi connectivity index (χ2v) is 6.65. The fraction of sp³-hybridized carbons (Fsp3) is 0.421. The molecule has 1 aliphatic heterocycles. The predicted molar refractivity (Wildman–Crippen MR) is 94.9 cm³/mol. The summed E-state index contributed by atoms with van der Waals surface area (Å²) < 4.78 is 1.72. The van der Waals surface area contributed by atoms with Gasteiger partial charge in [0, 0.05) is 31.9 Å². The lowest BCUT2D eigenvalue weighted by molar-refractivity contribution is 0.0895. The van der Waals surface area contributed by atoms with Crippen molar-refractivity contribution in [3.05, 3.63) is 52.8 Å². The van der Waals surface area contributed by atoms with Gasteiger partial charge in [0.1, 0.15) is 5.69 Å². The van der Waals surface area contributed by atoms with Gasteiger partial charge in [0.15, 0.2) is 0 Å². The summed E-state index contributed by atoms with van der Waals surface area (Å²) in [5.41, 5.74) is 3.31. The van der Waals surface area contributed by atoms with Gasteiger partial charge in [-0.05, 0) is 50.1 Å². The zero-order valence-electron chi connectivity index (χ0n) is 14.7. The maximum absolute atomic E-state index is 12.4. The van der Waals surface area contributed by atoms with E-state index in [1.165, 1.54) is 5.56 Å². The largest absolute Gasteiger partial charge is 0.347 e. The van der Waals surface area contributed by atoms with E-state index in [2.05, 4.69) is 21.4 Å². The maximum atomic E-state index is 12.4. The van der Waals surface area contributed by atoms with Crippen LogP contribution in [0, 0.1) is 18.3 Å². The van der Waals surface area contributed by atoms with Crippen molar-refractivity contribution in [2.75, 3.05) is 13.1 Å². The van der Waals surface area contributed by atoms with Crippen molar-refractivity contribution < 1.29 is 4.79 Å². The number of carbonyl (C=O) groups excluding carboxylic acids is 1. The first-order chi connectivity index (χ1) is 12.0. The van der Waals surface area contributed by atoms with E-state index in [4.69, 9.17) is 5.26 Å². The average molecular weight is 337 g/mol. The minimum Gasteiger partial charge on any atom is -0.347 e. The normalized spacial score (nSPS) is 17.9. The number of carbonyl (C=O) groups is 1. The second kappa shape index (κ2) is 7.49. The molecule has 3 rings (SSSR count). The van der Waals surface area contributed by atoms with Crippen molar-refractivity contribution in [1.82, 2.24) is 20.0 Å².